The lowest BCUT2D eigenvalue weighted by molar-refractivity contribution is 0.217. The van der Waals surface area contributed by atoms with Crippen LogP contribution in [0.2, 0.25) is 0 Å². The summed E-state index contributed by atoms with van der Waals surface area (Å²) in [4.78, 5) is 22.3. The van der Waals surface area contributed by atoms with Crippen molar-refractivity contribution in [3.05, 3.63) is 48.3 Å². The number of nitrogens with zero attached hydrogens (tertiary/aromatic N) is 2. The number of anilines is 1. The Kier molecular flexibility index (Phi) is 5.47. The Morgan fingerprint density at radius 2 is 1.93 bits per heavy atom. The van der Waals surface area contributed by atoms with Crippen LogP contribution in [0.15, 0.2) is 42.7 Å². The van der Waals surface area contributed by atoms with Gasteiger partial charge in [0.25, 0.3) is 0 Å². The van der Waals surface area contributed by atoms with Crippen molar-refractivity contribution in [1.29, 1.82) is 0 Å². The number of rotatable bonds is 5. The highest BCUT2D eigenvalue weighted by Crippen LogP contribution is 2.40. The summed E-state index contributed by atoms with van der Waals surface area (Å²) in [6.45, 7) is 1.13. The maximum Gasteiger partial charge on any atom is 0.322 e. The van der Waals surface area contributed by atoms with E-state index in [4.69, 9.17) is 14.2 Å². The minimum absolute atomic E-state index is 0.184. The first-order valence-corrected chi connectivity index (χ1v) is 9.62. The molecule has 8 heteroatoms. The summed E-state index contributed by atoms with van der Waals surface area (Å²) in [5.74, 6) is 1.45. The first-order chi connectivity index (χ1) is 14.6. The number of aromatic amines is 1. The monoisotopic (exact) mass is 408 g/mol. The fraction of sp³-hybridized carbons (Fsp3) is 0.273. The first kappa shape index (κ1) is 19.6. The van der Waals surface area contributed by atoms with E-state index in [0.29, 0.717) is 36.0 Å². The molecule has 156 valence electrons. The van der Waals surface area contributed by atoms with E-state index in [-0.39, 0.29) is 6.03 Å². The van der Waals surface area contributed by atoms with Crippen molar-refractivity contribution >= 4 is 28.3 Å². The molecule has 0 radical (unpaired) electrons. The molecular formula is C22H24N4O4. The number of amides is 2. The number of H-pyrrole nitrogens is 1. The highest BCUT2D eigenvalue weighted by molar-refractivity contribution is 5.92. The molecule has 0 atom stereocenters. The van der Waals surface area contributed by atoms with Gasteiger partial charge in [-0.3, -0.25) is 4.98 Å². The number of hydrogen-bond donors (Lipinski definition) is 2. The third kappa shape index (κ3) is 3.63. The second kappa shape index (κ2) is 8.36. The summed E-state index contributed by atoms with van der Waals surface area (Å²) < 4.78 is 16.0. The number of nitrogens with one attached hydrogen (secondary N) is 2. The van der Waals surface area contributed by atoms with Crippen LogP contribution in [-0.2, 0) is 0 Å². The van der Waals surface area contributed by atoms with Crippen molar-refractivity contribution in [3.8, 4) is 17.2 Å². The van der Waals surface area contributed by atoms with Crippen molar-refractivity contribution in [2.45, 2.75) is 6.42 Å². The van der Waals surface area contributed by atoms with Gasteiger partial charge in [0, 0.05) is 43.2 Å². The predicted molar refractivity (Wildman–Crippen MR) is 115 cm³/mol. The van der Waals surface area contributed by atoms with Gasteiger partial charge in [0.2, 0.25) is 5.75 Å². The van der Waals surface area contributed by atoms with Gasteiger partial charge in [-0.1, -0.05) is 6.08 Å². The van der Waals surface area contributed by atoms with Crippen molar-refractivity contribution < 1.29 is 19.0 Å². The maximum absolute atomic E-state index is 12.8. The van der Waals surface area contributed by atoms with Crippen LogP contribution in [0, 0.1) is 0 Å². The van der Waals surface area contributed by atoms with E-state index >= 15 is 0 Å². The lowest BCUT2D eigenvalue weighted by Gasteiger charge is -2.27. The molecule has 0 bridgehead atoms. The van der Waals surface area contributed by atoms with Gasteiger partial charge in [-0.2, -0.15) is 0 Å². The van der Waals surface area contributed by atoms with Gasteiger partial charge in [0.05, 0.1) is 38.1 Å². The topological polar surface area (TPSA) is 88.7 Å². The summed E-state index contributed by atoms with van der Waals surface area (Å²) in [6.07, 6.45) is 6.61. The Balaban J connectivity index is 1.48. The van der Waals surface area contributed by atoms with Gasteiger partial charge in [0.1, 0.15) is 0 Å². The molecule has 1 aliphatic heterocycles. The molecule has 0 aliphatic carbocycles. The molecular weight excluding hydrogens is 384 g/mol. The minimum Gasteiger partial charge on any atom is -0.493 e. The van der Waals surface area contributed by atoms with Crippen molar-refractivity contribution in [2.75, 3.05) is 39.7 Å². The fourth-order valence-corrected chi connectivity index (χ4v) is 3.65. The van der Waals surface area contributed by atoms with Crippen LogP contribution in [-0.4, -0.2) is 55.3 Å². The maximum atomic E-state index is 12.8. The summed E-state index contributed by atoms with van der Waals surface area (Å²) >= 11 is 0. The van der Waals surface area contributed by atoms with Gasteiger partial charge in [-0.25, -0.2) is 4.79 Å². The van der Waals surface area contributed by atoms with Crippen LogP contribution in [0.4, 0.5) is 10.5 Å². The van der Waals surface area contributed by atoms with Crippen LogP contribution in [0.1, 0.15) is 12.0 Å². The molecule has 2 amide bonds. The van der Waals surface area contributed by atoms with Crippen molar-refractivity contribution in [3.63, 3.8) is 0 Å². The second-order valence-corrected chi connectivity index (χ2v) is 6.87. The standard InChI is InChI=1S/C22H24N4O4/c1-28-18-11-15(12-19(29-2)21(18)30-3)25-22(27)26-9-6-14(7-10-26)16-13-24-17-5-4-8-23-20(16)17/h4-6,8,11-13,24H,7,9-10H2,1-3H3,(H,25,27). The molecule has 0 unspecified atom stereocenters. The number of urea groups is 1. The number of hydrogen-bond acceptors (Lipinski definition) is 5. The minimum atomic E-state index is -0.184. The van der Waals surface area contributed by atoms with Crippen molar-refractivity contribution in [2.24, 2.45) is 0 Å². The van der Waals surface area contributed by atoms with Crippen LogP contribution in [0.25, 0.3) is 16.6 Å². The molecule has 4 rings (SSSR count). The molecule has 1 aliphatic rings. The number of benzene rings is 1. The van der Waals surface area contributed by atoms with E-state index < -0.39 is 0 Å². The Morgan fingerprint density at radius 1 is 1.17 bits per heavy atom. The number of carbonyl (C=O) groups is 1. The molecule has 3 aromatic rings. The van der Waals surface area contributed by atoms with Gasteiger partial charge in [0.15, 0.2) is 11.5 Å². The van der Waals surface area contributed by atoms with Crippen LogP contribution >= 0.6 is 0 Å². The van der Waals surface area contributed by atoms with Gasteiger partial charge in [-0.05, 0) is 24.1 Å². The van der Waals surface area contributed by atoms with E-state index in [9.17, 15) is 4.79 Å². The highest BCUT2D eigenvalue weighted by atomic mass is 16.5. The molecule has 2 aromatic heterocycles. The Bertz CT molecular complexity index is 1080. The zero-order valence-electron chi connectivity index (χ0n) is 17.2. The van der Waals surface area contributed by atoms with Gasteiger partial charge >= 0.3 is 6.03 Å². The molecule has 0 saturated carbocycles. The largest absolute Gasteiger partial charge is 0.493 e. The van der Waals surface area contributed by atoms with E-state index in [1.165, 1.54) is 5.57 Å². The van der Waals surface area contributed by atoms with Crippen LogP contribution in [0.5, 0.6) is 17.2 Å². The molecule has 0 fully saturated rings. The second-order valence-electron chi connectivity index (χ2n) is 6.87. The molecule has 3 heterocycles. The van der Waals surface area contributed by atoms with Gasteiger partial charge in [-0.15, -0.1) is 0 Å². The zero-order valence-corrected chi connectivity index (χ0v) is 17.2. The summed E-state index contributed by atoms with van der Waals surface area (Å²) in [5, 5.41) is 2.92. The number of carbonyl (C=O) groups excluding carboxylic acids is 1. The smallest absolute Gasteiger partial charge is 0.322 e. The number of ether oxygens (including phenoxy) is 3. The summed E-state index contributed by atoms with van der Waals surface area (Å²) in [7, 11) is 4.62. The lowest BCUT2D eigenvalue weighted by Crippen LogP contribution is -2.37. The predicted octanol–water partition coefficient (Wildman–Crippen LogP) is 3.91. The van der Waals surface area contributed by atoms with Crippen LogP contribution in [0.3, 0.4) is 0 Å². The first-order valence-electron chi connectivity index (χ1n) is 9.62. The number of aromatic nitrogens is 2. The average molecular weight is 408 g/mol. The van der Waals surface area contributed by atoms with E-state index in [0.717, 1.165) is 23.0 Å². The molecule has 0 spiro atoms. The number of fused-ring (bicyclic) bond motifs is 1. The SMILES string of the molecule is COc1cc(NC(=O)N2CC=C(c3c[nH]c4cccnc34)CC2)cc(OC)c1OC. The third-order valence-corrected chi connectivity index (χ3v) is 5.19. The summed E-state index contributed by atoms with van der Waals surface area (Å²) in [5.41, 5.74) is 4.83. The Labute approximate surface area is 174 Å². The number of methoxy groups -OCH3 is 3. The van der Waals surface area contributed by atoms with E-state index in [1.54, 1.807) is 44.6 Å². The molecule has 8 nitrogen and oxygen atoms in total. The van der Waals surface area contributed by atoms with E-state index in [2.05, 4.69) is 21.4 Å². The molecule has 2 N–H and O–H groups in total. The zero-order chi connectivity index (χ0) is 21.1. The Morgan fingerprint density at radius 3 is 2.57 bits per heavy atom. The molecule has 0 saturated heterocycles. The van der Waals surface area contributed by atoms with Gasteiger partial charge < -0.3 is 29.4 Å². The average Bonchev–Trinajstić information content (AvgIpc) is 3.22. The highest BCUT2D eigenvalue weighted by Gasteiger charge is 2.21. The third-order valence-electron chi connectivity index (χ3n) is 5.19. The lowest BCUT2D eigenvalue weighted by atomic mass is 10.0. The quantitative estimate of drug-likeness (QED) is 0.668. The molecule has 1 aromatic carbocycles. The molecule has 30 heavy (non-hydrogen) atoms. The van der Waals surface area contributed by atoms with Crippen LogP contribution < -0.4 is 19.5 Å². The number of pyridine rings is 1. The van der Waals surface area contributed by atoms with Crippen molar-refractivity contribution in [1.82, 2.24) is 14.9 Å². The normalized spacial score (nSPS) is 13.7. The van der Waals surface area contributed by atoms with E-state index in [1.807, 2.05) is 18.3 Å². The fourth-order valence-electron chi connectivity index (χ4n) is 3.65. The summed E-state index contributed by atoms with van der Waals surface area (Å²) in [6, 6.07) is 7.15. The Hall–Kier alpha value is -3.68.